The van der Waals surface area contributed by atoms with Crippen LogP contribution in [0.15, 0.2) is 188 Å². The highest BCUT2D eigenvalue weighted by atomic mass is 28.3. The molecule has 0 amide bonds. The van der Waals surface area contributed by atoms with E-state index in [1.165, 1.54) is 125 Å². The Bertz CT molecular complexity index is 3520. The quantitative estimate of drug-likeness (QED) is 0.124. The van der Waals surface area contributed by atoms with Gasteiger partial charge in [0.05, 0.1) is 8.07 Å². The fraction of sp³-hybridized carbons (Fsp3) is 0.0526. The molecule has 0 fully saturated rings. The largest absolute Gasteiger partial charge is 0.0776 e. The van der Waals surface area contributed by atoms with E-state index in [4.69, 9.17) is 0 Å². The van der Waals surface area contributed by atoms with Crippen LogP contribution < -0.4 is 5.19 Å². The van der Waals surface area contributed by atoms with Gasteiger partial charge < -0.3 is 0 Å². The molecule has 0 aliphatic heterocycles. The van der Waals surface area contributed by atoms with Gasteiger partial charge in [0.1, 0.15) is 0 Å². The van der Waals surface area contributed by atoms with Gasteiger partial charge in [-0.3, -0.25) is 0 Å². The van der Waals surface area contributed by atoms with Gasteiger partial charge in [-0.1, -0.05) is 183 Å². The molecule has 58 heavy (non-hydrogen) atoms. The Hall–Kier alpha value is -6.80. The summed E-state index contributed by atoms with van der Waals surface area (Å²) in [7, 11) is -1.56. The number of hydrogen-bond donors (Lipinski definition) is 0. The van der Waals surface area contributed by atoms with Crippen LogP contribution in [0.5, 0.6) is 0 Å². The van der Waals surface area contributed by atoms with Gasteiger partial charge >= 0.3 is 0 Å². The molecule has 272 valence electrons. The molecule has 0 saturated heterocycles. The van der Waals surface area contributed by atoms with Crippen LogP contribution in [0.2, 0.25) is 19.6 Å². The van der Waals surface area contributed by atoms with E-state index < -0.39 is 8.07 Å². The minimum absolute atomic E-state index is 1.24. The first-order chi connectivity index (χ1) is 28.4. The zero-order valence-electron chi connectivity index (χ0n) is 32.9. The van der Waals surface area contributed by atoms with Crippen molar-refractivity contribution in [3.05, 3.63) is 188 Å². The van der Waals surface area contributed by atoms with Crippen molar-refractivity contribution in [2.75, 3.05) is 0 Å². The van der Waals surface area contributed by atoms with E-state index in [-0.39, 0.29) is 0 Å². The molecule has 0 N–H and O–H groups in total. The molecule has 1 heteroatoms. The van der Waals surface area contributed by atoms with Gasteiger partial charge in [-0.05, 0) is 151 Å². The van der Waals surface area contributed by atoms with Crippen LogP contribution >= 0.6 is 0 Å². The minimum Gasteiger partial charge on any atom is -0.0656 e. The van der Waals surface area contributed by atoms with Crippen LogP contribution in [0.3, 0.4) is 0 Å². The molecule has 0 unspecified atom stereocenters. The smallest absolute Gasteiger partial charge is 0.0656 e. The Morgan fingerprint density at radius 3 is 1.57 bits per heavy atom. The maximum atomic E-state index is 2.49. The van der Waals surface area contributed by atoms with Crippen molar-refractivity contribution in [2.45, 2.75) is 19.6 Å². The summed E-state index contributed by atoms with van der Waals surface area (Å²) in [5.41, 5.74) is 12.9. The zero-order chi connectivity index (χ0) is 38.7. The second-order valence-corrected chi connectivity index (χ2v) is 22.4. The van der Waals surface area contributed by atoms with Crippen molar-refractivity contribution in [2.24, 2.45) is 0 Å². The predicted octanol–water partition coefficient (Wildman–Crippen LogP) is 15.8. The minimum atomic E-state index is -1.56. The molecule has 0 heterocycles. The Morgan fingerprint density at radius 1 is 0.259 bits per heavy atom. The standard InChI is InChI=1S/C57H40Si/c1-58(2,3)43-26-25-40-31-42(44-27-28-52-47-14-7-6-13-46(47)51-18-10-17-49(44)57(51)52)33-54(55(40)34-43)39-23-21-36-29-38(22-20-37(36)30-39)53-32-41-24-19-35-11-4-5-12-45(35)56(41)50-16-9-8-15-48(50)53/h4-34H,1-3H3. The molecule has 0 nitrogen and oxygen atoms in total. The molecular formula is C57H40Si. The van der Waals surface area contributed by atoms with Crippen LogP contribution in [0.1, 0.15) is 0 Å². The van der Waals surface area contributed by atoms with E-state index in [0.717, 1.165) is 0 Å². The van der Waals surface area contributed by atoms with Crippen molar-refractivity contribution in [3.63, 3.8) is 0 Å². The van der Waals surface area contributed by atoms with E-state index in [2.05, 4.69) is 208 Å². The SMILES string of the molecule is C[Si](C)(C)c1ccc2cc(-c3ccc4c5c(cccc35)-c3ccccc3-4)cc(-c3ccc4cc(-c5cc6ccc7ccccc7c6c6ccccc56)ccc4c3)c2c1. The molecule has 0 saturated carbocycles. The zero-order valence-corrected chi connectivity index (χ0v) is 33.9. The monoisotopic (exact) mass is 752 g/mol. The first-order valence-electron chi connectivity index (χ1n) is 20.5. The molecule has 0 atom stereocenters. The molecule has 12 rings (SSSR count). The predicted molar refractivity (Wildman–Crippen MR) is 255 cm³/mol. The lowest BCUT2D eigenvalue weighted by atomic mass is 9.88. The van der Waals surface area contributed by atoms with Gasteiger partial charge in [0.2, 0.25) is 0 Å². The van der Waals surface area contributed by atoms with Crippen LogP contribution in [0.25, 0.3) is 120 Å². The normalized spacial score (nSPS) is 12.4. The summed E-state index contributed by atoms with van der Waals surface area (Å²) in [6.07, 6.45) is 0. The Kier molecular flexibility index (Phi) is 7.10. The second-order valence-electron chi connectivity index (χ2n) is 17.3. The van der Waals surface area contributed by atoms with Crippen molar-refractivity contribution in [1.82, 2.24) is 0 Å². The third-order valence-electron chi connectivity index (χ3n) is 12.9. The van der Waals surface area contributed by atoms with Crippen LogP contribution in [-0.2, 0) is 0 Å². The van der Waals surface area contributed by atoms with Crippen molar-refractivity contribution in [1.29, 1.82) is 0 Å². The average molecular weight is 753 g/mol. The molecule has 1 aliphatic carbocycles. The Morgan fingerprint density at radius 2 is 0.810 bits per heavy atom. The lowest BCUT2D eigenvalue weighted by Crippen LogP contribution is -2.37. The summed E-state index contributed by atoms with van der Waals surface area (Å²) in [6, 6.07) is 71.2. The topological polar surface area (TPSA) is 0 Å². The summed E-state index contributed by atoms with van der Waals surface area (Å²) in [5, 5.41) is 17.1. The third-order valence-corrected chi connectivity index (χ3v) is 14.9. The van der Waals surface area contributed by atoms with E-state index in [0.29, 0.717) is 0 Å². The van der Waals surface area contributed by atoms with Gasteiger partial charge in [0.15, 0.2) is 0 Å². The Balaban J connectivity index is 1.03. The lowest BCUT2D eigenvalue weighted by molar-refractivity contribution is 1.65. The van der Waals surface area contributed by atoms with Gasteiger partial charge in [-0.15, -0.1) is 0 Å². The molecule has 11 aromatic rings. The van der Waals surface area contributed by atoms with Crippen LogP contribution in [0, 0.1) is 0 Å². The first kappa shape index (κ1) is 33.3. The maximum Gasteiger partial charge on any atom is 0.0776 e. The summed E-state index contributed by atoms with van der Waals surface area (Å²) in [6.45, 7) is 7.34. The molecule has 11 aromatic carbocycles. The fourth-order valence-electron chi connectivity index (χ4n) is 9.98. The maximum absolute atomic E-state index is 2.49. The van der Waals surface area contributed by atoms with Gasteiger partial charge in [-0.25, -0.2) is 0 Å². The molecule has 0 spiro atoms. The first-order valence-corrected chi connectivity index (χ1v) is 24.0. The molecule has 0 radical (unpaired) electrons. The highest BCUT2D eigenvalue weighted by Crippen LogP contribution is 2.50. The van der Waals surface area contributed by atoms with Crippen molar-refractivity contribution >= 4 is 77.9 Å². The van der Waals surface area contributed by atoms with E-state index in [9.17, 15) is 0 Å². The summed E-state index contributed by atoms with van der Waals surface area (Å²) in [5.74, 6) is 0. The van der Waals surface area contributed by atoms with E-state index >= 15 is 0 Å². The molecule has 0 bridgehead atoms. The summed E-state index contributed by atoms with van der Waals surface area (Å²) >= 11 is 0. The fourth-order valence-corrected chi connectivity index (χ4v) is 11.1. The lowest BCUT2D eigenvalue weighted by Gasteiger charge is -2.20. The number of benzene rings is 11. The molecule has 0 aromatic heterocycles. The second kappa shape index (κ2) is 12.3. The molecule has 1 aliphatic rings. The molecular weight excluding hydrogens is 713 g/mol. The van der Waals surface area contributed by atoms with Gasteiger partial charge in [0.25, 0.3) is 0 Å². The van der Waals surface area contributed by atoms with Crippen molar-refractivity contribution in [3.8, 4) is 55.6 Å². The highest BCUT2D eigenvalue weighted by molar-refractivity contribution is 6.88. The number of rotatable bonds is 4. The van der Waals surface area contributed by atoms with Crippen LogP contribution in [-0.4, -0.2) is 8.07 Å². The average Bonchev–Trinajstić information content (AvgIpc) is 3.59. The highest BCUT2D eigenvalue weighted by Gasteiger charge is 2.23. The number of fused-ring (bicyclic) bond motifs is 10. The van der Waals surface area contributed by atoms with Crippen molar-refractivity contribution < 1.29 is 0 Å². The third kappa shape index (κ3) is 5.00. The Labute approximate surface area is 339 Å². The van der Waals surface area contributed by atoms with E-state index in [1.54, 1.807) is 0 Å². The van der Waals surface area contributed by atoms with Crippen LogP contribution in [0.4, 0.5) is 0 Å². The van der Waals surface area contributed by atoms with E-state index in [1.807, 2.05) is 0 Å². The number of hydrogen-bond acceptors (Lipinski definition) is 0. The van der Waals surface area contributed by atoms with Gasteiger partial charge in [0, 0.05) is 0 Å². The summed E-state index contributed by atoms with van der Waals surface area (Å²) in [4.78, 5) is 0. The summed E-state index contributed by atoms with van der Waals surface area (Å²) < 4.78 is 0. The van der Waals surface area contributed by atoms with Gasteiger partial charge in [-0.2, -0.15) is 0 Å².